The summed E-state index contributed by atoms with van der Waals surface area (Å²) >= 11 is 0. The van der Waals surface area contributed by atoms with Gasteiger partial charge in [-0.05, 0) is 43.5 Å². The summed E-state index contributed by atoms with van der Waals surface area (Å²) in [5, 5.41) is 14.3. The van der Waals surface area contributed by atoms with E-state index in [0.29, 0.717) is 5.95 Å². The van der Waals surface area contributed by atoms with Gasteiger partial charge in [-0.3, -0.25) is 4.79 Å². The highest BCUT2D eigenvalue weighted by Crippen LogP contribution is 2.25. The van der Waals surface area contributed by atoms with Crippen LogP contribution >= 0.6 is 0 Å². The Hall–Kier alpha value is -2.94. The van der Waals surface area contributed by atoms with Crippen LogP contribution in [0.5, 0.6) is 5.75 Å². The second-order valence-corrected chi connectivity index (χ2v) is 6.71. The molecule has 0 radical (unpaired) electrons. The number of aromatic nitrogens is 3. The van der Waals surface area contributed by atoms with Crippen molar-refractivity contribution >= 4 is 23.4 Å². The number of hydrogen-bond acceptors (Lipinski definition) is 8. The summed E-state index contributed by atoms with van der Waals surface area (Å²) < 4.78 is 5.26. The van der Waals surface area contributed by atoms with Gasteiger partial charge in [-0.15, -0.1) is 10.2 Å². The summed E-state index contributed by atoms with van der Waals surface area (Å²) in [6.45, 7) is 1.93. The molecular weight excluding hydrogens is 346 g/mol. The van der Waals surface area contributed by atoms with E-state index in [-0.39, 0.29) is 23.6 Å². The monoisotopic (exact) mass is 371 g/mol. The molecule has 2 aromatic rings. The van der Waals surface area contributed by atoms with Crippen molar-refractivity contribution in [2.24, 2.45) is 11.5 Å². The van der Waals surface area contributed by atoms with Crippen LogP contribution in [0.25, 0.3) is 0 Å². The van der Waals surface area contributed by atoms with Gasteiger partial charge in [0.25, 0.3) is 5.91 Å². The number of nitrogens with one attached hydrogen (secondary N) is 2. The number of hydrogen-bond donors (Lipinski definition) is 4. The minimum Gasteiger partial charge on any atom is -0.496 e. The van der Waals surface area contributed by atoms with Gasteiger partial charge < -0.3 is 26.8 Å². The lowest BCUT2D eigenvalue weighted by atomic mass is 9.91. The molecule has 9 heteroatoms. The van der Waals surface area contributed by atoms with Crippen LogP contribution in [-0.2, 0) is 0 Å². The molecule has 1 saturated carbocycles. The highest BCUT2D eigenvalue weighted by molar-refractivity contribution is 5.96. The number of rotatable bonds is 6. The molecule has 0 unspecified atom stereocenters. The molecule has 1 amide bonds. The molecule has 0 spiro atoms. The van der Waals surface area contributed by atoms with Gasteiger partial charge in [0.2, 0.25) is 5.95 Å². The molecule has 9 nitrogen and oxygen atoms in total. The average Bonchev–Trinajstić information content (AvgIpc) is 2.64. The molecule has 6 N–H and O–H groups in total. The zero-order valence-electron chi connectivity index (χ0n) is 15.5. The average molecular weight is 371 g/mol. The number of anilines is 3. The molecule has 0 bridgehead atoms. The molecule has 1 aliphatic rings. The van der Waals surface area contributed by atoms with Gasteiger partial charge >= 0.3 is 0 Å². The lowest BCUT2D eigenvalue weighted by molar-refractivity contribution is 0.0995. The standard InChI is InChI=1S/C18H25N7O2/c1-10-9-11(7-8-14(10)27-2)21-17-15(16(20)26)24-25-18(23-17)22-13-6-4-3-5-12(13)19/h7-9,12-13H,3-6,19H2,1-2H3,(H2,20,26)(H2,21,22,23,25)/t12-,13+/m0/s1. The van der Waals surface area contributed by atoms with Crippen LogP contribution in [0, 0.1) is 6.92 Å². The van der Waals surface area contributed by atoms with Crippen LogP contribution in [0.4, 0.5) is 17.5 Å². The molecule has 3 rings (SSSR count). The first kappa shape index (κ1) is 18.8. The Morgan fingerprint density at radius 3 is 2.70 bits per heavy atom. The predicted molar refractivity (Wildman–Crippen MR) is 103 cm³/mol. The molecule has 1 fully saturated rings. The molecule has 0 saturated heterocycles. The molecule has 27 heavy (non-hydrogen) atoms. The number of benzene rings is 1. The van der Waals surface area contributed by atoms with E-state index < -0.39 is 5.91 Å². The minimum atomic E-state index is -0.705. The number of amides is 1. The van der Waals surface area contributed by atoms with Crippen LogP contribution in [0.3, 0.4) is 0 Å². The smallest absolute Gasteiger partial charge is 0.273 e. The first-order valence-corrected chi connectivity index (χ1v) is 8.96. The molecule has 1 aromatic heterocycles. The van der Waals surface area contributed by atoms with Crippen molar-refractivity contribution in [3.05, 3.63) is 29.5 Å². The van der Waals surface area contributed by atoms with E-state index in [1.807, 2.05) is 25.1 Å². The maximum absolute atomic E-state index is 11.7. The summed E-state index contributed by atoms with van der Waals surface area (Å²) in [7, 11) is 1.61. The summed E-state index contributed by atoms with van der Waals surface area (Å²) in [5.41, 5.74) is 13.2. The first-order valence-electron chi connectivity index (χ1n) is 8.96. The number of methoxy groups -OCH3 is 1. The van der Waals surface area contributed by atoms with E-state index >= 15 is 0 Å². The van der Waals surface area contributed by atoms with Crippen molar-refractivity contribution in [2.75, 3.05) is 17.7 Å². The van der Waals surface area contributed by atoms with E-state index in [0.717, 1.165) is 42.7 Å². The lowest BCUT2D eigenvalue weighted by Gasteiger charge is -2.29. The van der Waals surface area contributed by atoms with Crippen molar-refractivity contribution in [3.63, 3.8) is 0 Å². The molecule has 2 atom stereocenters. The van der Waals surface area contributed by atoms with E-state index in [2.05, 4.69) is 25.8 Å². The molecule has 1 heterocycles. The highest BCUT2D eigenvalue weighted by atomic mass is 16.5. The van der Waals surface area contributed by atoms with E-state index in [9.17, 15) is 4.79 Å². The van der Waals surface area contributed by atoms with Crippen LogP contribution in [-0.4, -0.2) is 40.3 Å². The topological polar surface area (TPSA) is 141 Å². The Balaban J connectivity index is 1.85. The fraction of sp³-hybridized carbons (Fsp3) is 0.444. The Labute approximate surface area is 157 Å². The van der Waals surface area contributed by atoms with Crippen molar-refractivity contribution in [3.8, 4) is 5.75 Å². The number of carbonyl (C=O) groups is 1. The number of primary amides is 1. The third-order valence-electron chi connectivity index (χ3n) is 4.71. The number of carbonyl (C=O) groups excluding carboxylic acids is 1. The summed E-state index contributed by atoms with van der Waals surface area (Å²) in [6, 6.07) is 5.66. The van der Waals surface area contributed by atoms with E-state index in [1.165, 1.54) is 0 Å². The Morgan fingerprint density at radius 2 is 2.04 bits per heavy atom. The number of aryl methyl sites for hydroxylation is 1. The summed E-state index contributed by atoms with van der Waals surface area (Å²) in [4.78, 5) is 16.1. The van der Waals surface area contributed by atoms with Crippen molar-refractivity contribution in [1.82, 2.24) is 15.2 Å². The molecule has 144 valence electrons. The van der Waals surface area contributed by atoms with Gasteiger partial charge in [-0.1, -0.05) is 12.8 Å². The highest BCUT2D eigenvalue weighted by Gasteiger charge is 2.23. The largest absolute Gasteiger partial charge is 0.496 e. The van der Waals surface area contributed by atoms with Gasteiger partial charge in [0.1, 0.15) is 5.75 Å². The zero-order chi connectivity index (χ0) is 19.4. The van der Waals surface area contributed by atoms with Gasteiger partial charge in [0, 0.05) is 17.8 Å². The molecule has 1 aliphatic carbocycles. The Kier molecular flexibility index (Phi) is 5.70. The maximum atomic E-state index is 11.7. The maximum Gasteiger partial charge on any atom is 0.273 e. The van der Waals surface area contributed by atoms with Crippen LogP contribution in [0.15, 0.2) is 18.2 Å². The number of nitrogens with zero attached hydrogens (tertiary/aromatic N) is 3. The van der Waals surface area contributed by atoms with Crippen LogP contribution in [0.1, 0.15) is 41.7 Å². The number of ether oxygens (including phenoxy) is 1. The summed E-state index contributed by atoms with van der Waals surface area (Å²) in [5.74, 6) is 0.623. The zero-order valence-corrected chi connectivity index (χ0v) is 15.5. The first-order chi connectivity index (χ1) is 13.0. The van der Waals surface area contributed by atoms with E-state index in [4.69, 9.17) is 16.2 Å². The molecule has 0 aliphatic heterocycles. The van der Waals surface area contributed by atoms with Gasteiger partial charge in [0.15, 0.2) is 11.5 Å². The Morgan fingerprint density at radius 1 is 1.26 bits per heavy atom. The third-order valence-corrected chi connectivity index (χ3v) is 4.71. The van der Waals surface area contributed by atoms with Crippen LogP contribution in [0.2, 0.25) is 0 Å². The SMILES string of the molecule is COc1ccc(Nc2nc(N[C@@H]3CCCC[C@@H]3N)nnc2C(N)=O)cc1C. The minimum absolute atomic E-state index is 0.0260. The second kappa shape index (κ2) is 8.17. The fourth-order valence-corrected chi connectivity index (χ4v) is 3.24. The second-order valence-electron chi connectivity index (χ2n) is 6.71. The predicted octanol–water partition coefficient (Wildman–Crippen LogP) is 1.71. The van der Waals surface area contributed by atoms with Crippen molar-refractivity contribution in [2.45, 2.75) is 44.7 Å². The van der Waals surface area contributed by atoms with Gasteiger partial charge in [-0.2, -0.15) is 4.98 Å². The Bertz CT molecular complexity index is 827. The summed E-state index contributed by atoms with van der Waals surface area (Å²) in [6.07, 6.45) is 4.14. The lowest BCUT2D eigenvalue weighted by Crippen LogP contribution is -2.43. The normalized spacial score (nSPS) is 19.4. The third kappa shape index (κ3) is 4.43. The van der Waals surface area contributed by atoms with Gasteiger partial charge in [0.05, 0.1) is 7.11 Å². The fourth-order valence-electron chi connectivity index (χ4n) is 3.24. The van der Waals surface area contributed by atoms with Crippen molar-refractivity contribution < 1.29 is 9.53 Å². The quantitative estimate of drug-likeness (QED) is 0.601. The molecular formula is C18H25N7O2. The van der Waals surface area contributed by atoms with Gasteiger partial charge in [-0.25, -0.2) is 0 Å². The van der Waals surface area contributed by atoms with E-state index in [1.54, 1.807) is 7.11 Å². The van der Waals surface area contributed by atoms with Crippen molar-refractivity contribution in [1.29, 1.82) is 0 Å². The molecule has 1 aromatic carbocycles. The number of nitrogens with two attached hydrogens (primary N) is 2. The van der Waals surface area contributed by atoms with Crippen LogP contribution < -0.4 is 26.8 Å².